The molecular formula is C22H38N6O6. The number of amides is 4. The van der Waals surface area contributed by atoms with Crippen molar-refractivity contribution in [1.82, 2.24) is 25.9 Å². The zero-order valence-electron chi connectivity index (χ0n) is 20.9. The zero-order chi connectivity index (χ0) is 25.7. The van der Waals surface area contributed by atoms with Gasteiger partial charge in [-0.05, 0) is 44.9 Å². The van der Waals surface area contributed by atoms with Gasteiger partial charge in [0.05, 0.1) is 0 Å². The van der Waals surface area contributed by atoms with Gasteiger partial charge in [-0.1, -0.05) is 20.8 Å². The van der Waals surface area contributed by atoms with Crippen LogP contribution in [0.5, 0.6) is 0 Å². The second kappa shape index (κ2) is 14.1. The van der Waals surface area contributed by atoms with E-state index in [1.165, 1.54) is 6.07 Å². The third-order valence-electron chi connectivity index (χ3n) is 4.76. The molecule has 0 aromatic carbocycles. The molecule has 1 rings (SSSR count). The minimum atomic E-state index is -0.573. The minimum absolute atomic E-state index is 0.0386. The number of aryl methyl sites for hydroxylation is 1. The first-order chi connectivity index (χ1) is 15.9. The van der Waals surface area contributed by atoms with Crippen molar-refractivity contribution < 1.29 is 23.9 Å². The van der Waals surface area contributed by atoms with Gasteiger partial charge >= 0.3 is 18.2 Å². The summed E-state index contributed by atoms with van der Waals surface area (Å²) in [5, 5.41) is 10.5. The van der Waals surface area contributed by atoms with Crippen LogP contribution in [0.2, 0.25) is 0 Å². The predicted octanol–water partition coefficient (Wildman–Crippen LogP) is 2.50. The summed E-state index contributed by atoms with van der Waals surface area (Å²) in [6.07, 6.45) is -0.167. The van der Waals surface area contributed by atoms with E-state index in [4.69, 9.17) is 9.47 Å². The Morgan fingerprint density at radius 2 is 1.85 bits per heavy atom. The zero-order valence-corrected chi connectivity index (χ0v) is 20.9. The maximum atomic E-state index is 12.1. The van der Waals surface area contributed by atoms with Gasteiger partial charge in [0.25, 0.3) is 5.56 Å². The smallest absolute Gasteiger partial charge is 0.407 e. The SMILES string of the molecule is CCNC(=O)OC(C)COC(=O)NCCC(C)(C)CC(C)CNC(=O)Nc1nc(C)cc(=O)[nH]1. The lowest BCUT2D eigenvalue weighted by molar-refractivity contribution is 0.0530. The van der Waals surface area contributed by atoms with Crippen LogP contribution >= 0.6 is 0 Å². The molecule has 34 heavy (non-hydrogen) atoms. The molecule has 1 aromatic rings. The number of H-pyrrole nitrogens is 1. The van der Waals surface area contributed by atoms with Gasteiger partial charge in [-0.3, -0.25) is 15.1 Å². The highest BCUT2D eigenvalue weighted by Crippen LogP contribution is 2.28. The highest BCUT2D eigenvalue weighted by molar-refractivity contribution is 5.87. The van der Waals surface area contributed by atoms with Gasteiger partial charge in [-0.2, -0.15) is 0 Å². The topological polar surface area (TPSA) is 164 Å². The molecule has 1 aromatic heterocycles. The molecule has 5 N–H and O–H groups in total. The molecule has 0 aliphatic rings. The number of anilines is 1. The number of ether oxygens (including phenoxy) is 2. The summed E-state index contributed by atoms with van der Waals surface area (Å²) < 4.78 is 10.1. The lowest BCUT2D eigenvalue weighted by Crippen LogP contribution is -2.35. The van der Waals surface area contributed by atoms with E-state index >= 15 is 0 Å². The van der Waals surface area contributed by atoms with E-state index < -0.39 is 24.3 Å². The largest absolute Gasteiger partial charge is 0.446 e. The highest BCUT2D eigenvalue weighted by Gasteiger charge is 2.22. The number of urea groups is 1. The molecule has 0 aliphatic heterocycles. The van der Waals surface area contributed by atoms with E-state index in [9.17, 15) is 19.2 Å². The second-order valence-corrected chi connectivity index (χ2v) is 9.07. The molecule has 12 nitrogen and oxygen atoms in total. The number of nitrogens with zero attached hydrogens (tertiary/aromatic N) is 1. The van der Waals surface area contributed by atoms with Crippen molar-refractivity contribution in [3.8, 4) is 0 Å². The van der Waals surface area contributed by atoms with Crippen molar-refractivity contribution >= 4 is 24.2 Å². The molecule has 0 radical (unpaired) electrons. The molecule has 0 saturated carbocycles. The van der Waals surface area contributed by atoms with Crippen LogP contribution in [-0.2, 0) is 9.47 Å². The average Bonchev–Trinajstić information content (AvgIpc) is 2.69. The number of aromatic amines is 1. The van der Waals surface area contributed by atoms with Crippen LogP contribution in [0.1, 0.15) is 53.2 Å². The van der Waals surface area contributed by atoms with Crippen molar-refractivity contribution in [3.05, 3.63) is 22.1 Å². The average molecular weight is 483 g/mol. The number of aromatic nitrogens is 2. The Bertz CT molecular complexity index is 872. The lowest BCUT2D eigenvalue weighted by atomic mass is 9.80. The predicted molar refractivity (Wildman–Crippen MR) is 128 cm³/mol. The number of carbonyl (C=O) groups excluding carboxylic acids is 3. The summed E-state index contributed by atoms with van der Waals surface area (Å²) in [5.41, 5.74) is 0.0783. The van der Waals surface area contributed by atoms with Crippen molar-refractivity contribution in [3.63, 3.8) is 0 Å². The Hall–Kier alpha value is -3.31. The van der Waals surface area contributed by atoms with E-state index in [2.05, 4.69) is 45.1 Å². The Morgan fingerprint density at radius 1 is 1.15 bits per heavy atom. The van der Waals surface area contributed by atoms with Crippen molar-refractivity contribution in [2.75, 3.05) is 31.6 Å². The first kappa shape index (κ1) is 28.7. The summed E-state index contributed by atoms with van der Waals surface area (Å²) in [4.78, 5) is 53.2. The standard InChI is InChI=1S/C22H38N6O6/c1-7-23-21(32)34-16(4)13-33-20(31)24-9-8-22(5,6)11-14(2)12-25-19(30)28-18-26-15(3)10-17(29)27-18/h10,14,16H,7-9,11-13H2,1-6H3,(H,23,32)(H,24,31)(H3,25,26,27,28,29,30). The third kappa shape index (κ3) is 12.7. The number of hydrogen-bond acceptors (Lipinski definition) is 7. The van der Waals surface area contributed by atoms with Crippen LogP contribution in [0.15, 0.2) is 10.9 Å². The van der Waals surface area contributed by atoms with Gasteiger partial charge in [0.15, 0.2) is 0 Å². The second-order valence-electron chi connectivity index (χ2n) is 9.07. The molecule has 0 fully saturated rings. The molecule has 0 spiro atoms. The summed E-state index contributed by atoms with van der Waals surface area (Å²) in [7, 11) is 0. The maximum Gasteiger partial charge on any atom is 0.407 e. The summed E-state index contributed by atoms with van der Waals surface area (Å²) in [6.45, 7) is 12.5. The van der Waals surface area contributed by atoms with Crippen molar-refractivity contribution in [2.24, 2.45) is 11.3 Å². The van der Waals surface area contributed by atoms with Crippen LogP contribution in [0.4, 0.5) is 20.3 Å². The minimum Gasteiger partial charge on any atom is -0.446 e. The van der Waals surface area contributed by atoms with Crippen LogP contribution in [0.25, 0.3) is 0 Å². The molecule has 2 unspecified atom stereocenters. The number of nitrogens with one attached hydrogen (secondary N) is 5. The van der Waals surface area contributed by atoms with Gasteiger partial charge in [-0.25, -0.2) is 19.4 Å². The normalized spacial score (nSPS) is 12.8. The number of carbonyl (C=O) groups is 3. The van der Waals surface area contributed by atoms with E-state index in [-0.39, 0.29) is 29.4 Å². The van der Waals surface area contributed by atoms with Crippen LogP contribution in [0.3, 0.4) is 0 Å². The first-order valence-electron chi connectivity index (χ1n) is 11.4. The summed E-state index contributed by atoms with van der Waals surface area (Å²) in [5.74, 6) is 0.267. The van der Waals surface area contributed by atoms with Crippen LogP contribution in [-0.4, -0.2) is 60.5 Å². The van der Waals surface area contributed by atoms with E-state index in [0.717, 1.165) is 6.42 Å². The van der Waals surface area contributed by atoms with Gasteiger partial charge < -0.3 is 25.4 Å². The number of hydrogen-bond donors (Lipinski definition) is 5. The fourth-order valence-corrected chi connectivity index (χ4v) is 3.32. The molecule has 0 saturated heterocycles. The van der Waals surface area contributed by atoms with Crippen molar-refractivity contribution in [2.45, 2.75) is 60.5 Å². The maximum absolute atomic E-state index is 12.1. The molecule has 192 valence electrons. The van der Waals surface area contributed by atoms with Gasteiger partial charge in [0, 0.05) is 31.4 Å². The van der Waals surface area contributed by atoms with Gasteiger partial charge in [-0.15, -0.1) is 0 Å². The Labute approximate surface area is 200 Å². The monoisotopic (exact) mass is 482 g/mol. The number of rotatable bonds is 12. The fourth-order valence-electron chi connectivity index (χ4n) is 3.32. The molecule has 0 aliphatic carbocycles. The fraction of sp³-hybridized carbons (Fsp3) is 0.682. The van der Waals surface area contributed by atoms with Crippen molar-refractivity contribution in [1.29, 1.82) is 0 Å². The van der Waals surface area contributed by atoms with Crippen LogP contribution < -0.4 is 26.8 Å². The summed E-state index contributed by atoms with van der Waals surface area (Å²) >= 11 is 0. The Morgan fingerprint density at radius 3 is 2.50 bits per heavy atom. The first-order valence-corrected chi connectivity index (χ1v) is 11.4. The van der Waals surface area contributed by atoms with E-state index in [1.54, 1.807) is 20.8 Å². The Balaban J connectivity index is 2.28. The molecule has 2 atom stereocenters. The lowest BCUT2D eigenvalue weighted by Gasteiger charge is -2.28. The summed E-state index contributed by atoms with van der Waals surface area (Å²) in [6, 6.07) is 0.888. The molecule has 1 heterocycles. The van der Waals surface area contributed by atoms with E-state index in [1.807, 2.05) is 6.92 Å². The molecule has 4 amide bonds. The number of alkyl carbamates (subject to hydrolysis) is 2. The highest BCUT2D eigenvalue weighted by atomic mass is 16.6. The Kier molecular flexibility index (Phi) is 11.9. The van der Waals surface area contributed by atoms with Gasteiger partial charge in [0.2, 0.25) is 5.95 Å². The van der Waals surface area contributed by atoms with Gasteiger partial charge in [0.1, 0.15) is 12.7 Å². The molecular weight excluding hydrogens is 444 g/mol. The van der Waals surface area contributed by atoms with E-state index in [0.29, 0.717) is 31.7 Å². The van der Waals surface area contributed by atoms with Crippen LogP contribution in [0, 0.1) is 18.3 Å². The molecule has 12 heteroatoms. The third-order valence-corrected chi connectivity index (χ3v) is 4.76. The quantitative estimate of drug-likeness (QED) is 0.305. The molecule has 0 bridgehead atoms.